The van der Waals surface area contributed by atoms with Crippen molar-refractivity contribution in [3.8, 4) is 0 Å². The van der Waals surface area contributed by atoms with E-state index in [9.17, 15) is 9.59 Å². The number of allylic oxidation sites excluding steroid dienone is 1. The summed E-state index contributed by atoms with van der Waals surface area (Å²) in [5.41, 5.74) is 2.00. The van der Waals surface area contributed by atoms with Crippen LogP contribution in [-0.4, -0.2) is 40.3 Å². The molecule has 1 aromatic carbocycles. The van der Waals surface area contributed by atoms with E-state index in [-0.39, 0.29) is 11.2 Å². The van der Waals surface area contributed by atoms with Crippen molar-refractivity contribution in [1.82, 2.24) is 4.90 Å². The molecule has 1 aromatic rings. The van der Waals surface area contributed by atoms with Gasteiger partial charge in [0, 0.05) is 0 Å². The molecule has 2 atom stereocenters. The van der Waals surface area contributed by atoms with Crippen LogP contribution in [0.15, 0.2) is 52.7 Å². The lowest BCUT2D eigenvalue weighted by Crippen LogP contribution is -2.45. The van der Waals surface area contributed by atoms with Gasteiger partial charge < -0.3 is 4.74 Å². The van der Waals surface area contributed by atoms with Crippen LogP contribution in [0.2, 0.25) is 0 Å². The highest BCUT2D eigenvalue weighted by molar-refractivity contribution is 8.15. The van der Waals surface area contributed by atoms with Gasteiger partial charge in [-0.2, -0.15) is 0 Å². The summed E-state index contributed by atoms with van der Waals surface area (Å²) >= 11 is 1.46. The Hall–Kier alpha value is -2.34. The Kier molecular flexibility index (Phi) is 5.08. The number of benzene rings is 1. The summed E-state index contributed by atoms with van der Waals surface area (Å²) < 4.78 is 4.93. The third kappa shape index (κ3) is 3.26. The summed E-state index contributed by atoms with van der Waals surface area (Å²) in [6, 6.07) is 9.27. The van der Waals surface area contributed by atoms with Gasteiger partial charge in [-0.1, -0.05) is 61.2 Å². The number of carbonyl (C=O) groups is 2. The van der Waals surface area contributed by atoms with Gasteiger partial charge in [0.25, 0.3) is 0 Å². The summed E-state index contributed by atoms with van der Waals surface area (Å²) in [5, 5.41) is 0.501. The van der Waals surface area contributed by atoms with E-state index in [4.69, 9.17) is 4.74 Å². The molecule has 0 aromatic heterocycles. The van der Waals surface area contributed by atoms with Crippen LogP contribution < -0.4 is 0 Å². The number of hydrogen-bond donors (Lipinski definition) is 0. The van der Waals surface area contributed by atoms with Crippen molar-refractivity contribution in [2.45, 2.75) is 31.6 Å². The average molecular weight is 356 g/mol. The fourth-order valence-electron chi connectivity index (χ4n) is 2.95. The third-order valence-corrected chi connectivity index (χ3v) is 5.56. The van der Waals surface area contributed by atoms with Gasteiger partial charge in [-0.15, -0.1) is 0 Å². The Labute approximate surface area is 151 Å². The van der Waals surface area contributed by atoms with E-state index in [0.29, 0.717) is 16.4 Å². The van der Waals surface area contributed by atoms with Crippen LogP contribution in [0.4, 0.5) is 0 Å². The van der Waals surface area contributed by atoms with E-state index >= 15 is 0 Å². The molecule has 1 fully saturated rings. The number of nitrogens with zero attached hydrogens (tertiary/aromatic N) is 2. The Morgan fingerprint density at radius 1 is 1.36 bits per heavy atom. The van der Waals surface area contributed by atoms with Crippen LogP contribution in [0.3, 0.4) is 0 Å². The zero-order valence-corrected chi connectivity index (χ0v) is 15.2. The topological polar surface area (TPSA) is 59.0 Å². The van der Waals surface area contributed by atoms with Gasteiger partial charge in [0.05, 0.1) is 29.7 Å². The average Bonchev–Trinajstić information content (AvgIpc) is 2.95. The molecule has 1 saturated heterocycles. The molecule has 5 nitrogen and oxygen atoms in total. The van der Waals surface area contributed by atoms with E-state index in [0.717, 1.165) is 12.0 Å². The Balaban J connectivity index is 2.03. The Morgan fingerprint density at radius 2 is 2.08 bits per heavy atom. The smallest absolute Gasteiger partial charge is 0.338 e. The fourth-order valence-corrected chi connectivity index (χ4v) is 4.09. The van der Waals surface area contributed by atoms with E-state index in [2.05, 4.69) is 4.99 Å². The summed E-state index contributed by atoms with van der Waals surface area (Å²) in [5.74, 6) is -0.469. The number of esters is 1. The number of rotatable bonds is 4. The van der Waals surface area contributed by atoms with E-state index in [1.807, 2.05) is 49.4 Å². The van der Waals surface area contributed by atoms with Crippen LogP contribution >= 0.6 is 11.8 Å². The van der Waals surface area contributed by atoms with Gasteiger partial charge in [-0.3, -0.25) is 9.69 Å². The second-order valence-corrected chi connectivity index (χ2v) is 6.99. The maximum Gasteiger partial charge on any atom is 0.338 e. The first kappa shape index (κ1) is 17.5. The third-order valence-electron chi connectivity index (χ3n) is 4.24. The van der Waals surface area contributed by atoms with Crippen molar-refractivity contribution in [3.05, 3.63) is 53.2 Å². The second kappa shape index (κ2) is 7.27. The van der Waals surface area contributed by atoms with Crippen LogP contribution in [0.5, 0.6) is 0 Å². The first-order valence-electron chi connectivity index (χ1n) is 8.17. The number of fused-ring (bicyclic) bond motifs is 1. The van der Waals surface area contributed by atoms with Crippen molar-refractivity contribution >= 4 is 34.9 Å². The van der Waals surface area contributed by atoms with Crippen LogP contribution in [0.1, 0.15) is 25.8 Å². The van der Waals surface area contributed by atoms with Gasteiger partial charge in [0.2, 0.25) is 5.91 Å². The van der Waals surface area contributed by atoms with Gasteiger partial charge >= 0.3 is 5.97 Å². The molecule has 6 heteroatoms. The summed E-state index contributed by atoms with van der Waals surface area (Å²) in [6.07, 6.45) is 4.51. The summed E-state index contributed by atoms with van der Waals surface area (Å²) in [7, 11) is 1.34. The number of methoxy groups -OCH3 is 1. The molecular weight excluding hydrogens is 336 g/mol. The predicted octanol–water partition coefficient (Wildman–Crippen LogP) is 3.24. The SMILES string of the molecule is CCC1SC2=NC(C)=C(C(=O)OC)C(/C=C/c3ccccc3)N2C1=O. The molecule has 0 bridgehead atoms. The van der Waals surface area contributed by atoms with Crippen LogP contribution in [-0.2, 0) is 14.3 Å². The second-order valence-electron chi connectivity index (χ2n) is 5.82. The maximum absolute atomic E-state index is 12.8. The van der Waals surface area contributed by atoms with Crippen molar-refractivity contribution < 1.29 is 14.3 Å². The molecule has 2 aliphatic heterocycles. The minimum absolute atomic E-state index is 0.0112. The van der Waals surface area contributed by atoms with E-state index in [1.54, 1.807) is 11.8 Å². The lowest BCUT2D eigenvalue weighted by molar-refractivity contribution is -0.137. The lowest BCUT2D eigenvalue weighted by Gasteiger charge is -2.30. The van der Waals surface area contributed by atoms with Gasteiger partial charge in [-0.25, -0.2) is 9.79 Å². The number of amides is 1. The lowest BCUT2D eigenvalue weighted by atomic mass is 10.00. The molecule has 0 aliphatic carbocycles. The molecule has 0 spiro atoms. The van der Waals surface area contributed by atoms with E-state index in [1.165, 1.54) is 18.9 Å². The van der Waals surface area contributed by atoms with E-state index < -0.39 is 12.0 Å². The summed E-state index contributed by atoms with van der Waals surface area (Å²) in [6.45, 7) is 3.76. The van der Waals surface area contributed by atoms with Crippen molar-refractivity contribution in [1.29, 1.82) is 0 Å². The van der Waals surface area contributed by atoms with Crippen LogP contribution in [0.25, 0.3) is 6.08 Å². The molecule has 0 saturated carbocycles. The number of ether oxygens (including phenoxy) is 1. The molecule has 2 unspecified atom stereocenters. The van der Waals surface area contributed by atoms with Gasteiger partial charge in [0.1, 0.15) is 0 Å². The molecule has 2 heterocycles. The Morgan fingerprint density at radius 3 is 2.72 bits per heavy atom. The monoisotopic (exact) mass is 356 g/mol. The van der Waals surface area contributed by atoms with Crippen molar-refractivity contribution in [2.75, 3.05) is 7.11 Å². The standard InChI is InChI=1S/C19H20N2O3S/c1-4-15-17(22)21-14(11-10-13-8-6-5-7-9-13)16(18(23)24-3)12(2)20-19(21)25-15/h5-11,14-15H,4H2,1-3H3/b11-10+. The molecule has 3 rings (SSSR count). The number of amidine groups is 1. The first-order valence-corrected chi connectivity index (χ1v) is 9.05. The van der Waals surface area contributed by atoms with Crippen LogP contribution in [0, 0.1) is 0 Å². The minimum Gasteiger partial charge on any atom is -0.466 e. The number of hydrogen-bond acceptors (Lipinski definition) is 5. The fraction of sp³-hybridized carbons (Fsp3) is 0.316. The van der Waals surface area contributed by atoms with Gasteiger partial charge in [0.15, 0.2) is 5.17 Å². The summed E-state index contributed by atoms with van der Waals surface area (Å²) in [4.78, 5) is 31.2. The molecule has 25 heavy (non-hydrogen) atoms. The quantitative estimate of drug-likeness (QED) is 0.777. The highest BCUT2D eigenvalue weighted by Gasteiger charge is 2.45. The molecule has 0 N–H and O–H groups in total. The normalized spacial score (nSPS) is 23.1. The predicted molar refractivity (Wildman–Crippen MR) is 99.9 cm³/mol. The number of thioether (sulfide) groups is 1. The molecule has 2 aliphatic rings. The molecular formula is C19H20N2O3S. The molecule has 130 valence electrons. The largest absolute Gasteiger partial charge is 0.466 e. The highest BCUT2D eigenvalue weighted by Crippen LogP contribution is 2.37. The Bertz CT molecular complexity index is 783. The zero-order chi connectivity index (χ0) is 18.0. The molecule has 0 radical (unpaired) electrons. The number of aliphatic imine (C=N–C) groups is 1. The maximum atomic E-state index is 12.8. The minimum atomic E-state index is -0.503. The van der Waals surface area contributed by atoms with Gasteiger partial charge in [-0.05, 0) is 18.9 Å². The van der Waals surface area contributed by atoms with Crippen molar-refractivity contribution in [3.63, 3.8) is 0 Å². The zero-order valence-electron chi connectivity index (χ0n) is 14.4. The van der Waals surface area contributed by atoms with Crippen molar-refractivity contribution in [2.24, 2.45) is 4.99 Å². The number of carbonyl (C=O) groups excluding carboxylic acids is 2. The highest BCUT2D eigenvalue weighted by atomic mass is 32.2. The first-order chi connectivity index (χ1) is 12.1. The molecule has 1 amide bonds.